The van der Waals surface area contributed by atoms with Gasteiger partial charge in [-0.3, -0.25) is 4.68 Å². The lowest BCUT2D eigenvalue weighted by Gasteiger charge is -2.34. The minimum Gasteiger partial charge on any atom is -0.360 e. The second kappa shape index (κ2) is 8.44. The Hall–Kier alpha value is -2.53. The van der Waals surface area contributed by atoms with E-state index in [1.54, 1.807) is 6.20 Å². The molecule has 0 amide bonds. The van der Waals surface area contributed by atoms with E-state index in [9.17, 15) is 5.26 Å². The van der Waals surface area contributed by atoms with Crippen LogP contribution in [0.3, 0.4) is 0 Å². The monoisotopic (exact) mass is 384 g/mol. The largest absolute Gasteiger partial charge is 0.360 e. The van der Waals surface area contributed by atoms with E-state index in [2.05, 4.69) is 40.1 Å². The average Bonchev–Trinajstić information content (AvgIpc) is 3.33. The highest BCUT2D eigenvalue weighted by Crippen LogP contribution is 2.41. The zero-order valence-electron chi connectivity index (χ0n) is 15.7. The van der Waals surface area contributed by atoms with Crippen LogP contribution >= 0.6 is 11.8 Å². The number of thioether (sulfide) groups is 1. The van der Waals surface area contributed by atoms with Gasteiger partial charge in [-0.2, -0.15) is 10.4 Å². The third-order valence-corrected chi connectivity index (χ3v) is 6.05. The maximum Gasteiger partial charge on any atom is 0.261 e. The summed E-state index contributed by atoms with van der Waals surface area (Å²) in [7, 11) is 0. The molecule has 2 heterocycles. The smallest absolute Gasteiger partial charge is 0.261 e. The Morgan fingerprint density at radius 3 is 3.00 bits per heavy atom. The molecular weight excluding hydrogens is 360 g/mol. The molecule has 0 unspecified atom stereocenters. The first kappa shape index (κ1) is 19.2. The van der Waals surface area contributed by atoms with Crippen molar-refractivity contribution in [3.05, 3.63) is 35.6 Å². The van der Waals surface area contributed by atoms with Crippen LogP contribution < -0.4 is 5.48 Å². The molecule has 0 saturated heterocycles. The van der Waals surface area contributed by atoms with Crippen molar-refractivity contribution in [2.45, 2.75) is 44.6 Å². The van der Waals surface area contributed by atoms with Gasteiger partial charge in [-0.05, 0) is 31.9 Å². The molecule has 2 aliphatic rings. The molecule has 1 N–H and O–H groups in total. The van der Waals surface area contributed by atoms with E-state index < -0.39 is 0 Å². The number of hydroxylamine groups is 1. The van der Waals surface area contributed by atoms with Crippen molar-refractivity contribution in [2.24, 2.45) is 15.9 Å². The zero-order valence-corrected chi connectivity index (χ0v) is 16.5. The molecular formula is C19H24N6OS. The summed E-state index contributed by atoms with van der Waals surface area (Å²) >= 11 is 1.50. The highest BCUT2D eigenvalue weighted by atomic mass is 32.2. The number of aromatic nitrogens is 2. The standard InChI is InChI=1S/C19H24N6OS/c1-4-21-18-17(27-3)16(22-13-24-26-18)14-11-23-25(12-14)19(2,9-10-20)15-7-5-6-8-15/h4,11-13,15H,1,5-9H2,2-3H3,(H,22,24)/t19-/m1/s1. The fourth-order valence-corrected chi connectivity index (χ4v) is 4.41. The van der Waals surface area contributed by atoms with Crippen molar-refractivity contribution < 1.29 is 4.84 Å². The minimum atomic E-state index is -0.315. The van der Waals surface area contributed by atoms with Crippen LogP contribution in [-0.4, -0.2) is 28.3 Å². The number of aliphatic imine (C=N–C) groups is 2. The molecule has 1 aromatic rings. The van der Waals surface area contributed by atoms with Crippen LogP contribution in [0, 0.1) is 17.2 Å². The van der Waals surface area contributed by atoms with E-state index in [1.807, 2.05) is 17.1 Å². The van der Waals surface area contributed by atoms with Gasteiger partial charge >= 0.3 is 0 Å². The number of nitrogens with one attached hydrogen (secondary N) is 1. The van der Waals surface area contributed by atoms with Crippen LogP contribution in [0.2, 0.25) is 0 Å². The van der Waals surface area contributed by atoms with Crippen LogP contribution in [0.1, 0.15) is 44.6 Å². The summed E-state index contributed by atoms with van der Waals surface area (Å²) < 4.78 is 1.95. The molecule has 142 valence electrons. The molecule has 7 nitrogen and oxygen atoms in total. The summed E-state index contributed by atoms with van der Waals surface area (Å²) in [6.45, 7) is 5.78. The molecule has 1 atom stereocenters. The molecule has 27 heavy (non-hydrogen) atoms. The molecule has 1 saturated carbocycles. The first-order valence-corrected chi connectivity index (χ1v) is 10.2. The van der Waals surface area contributed by atoms with Crippen LogP contribution in [0.5, 0.6) is 0 Å². The minimum absolute atomic E-state index is 0.315. The highest BCUT2D eigenvalue weighted by Gasteiger charge is 2.38. The van der Waals surface area contributed by atoms with Gasteiger partial charge in [-0.1, -0.05) is 19.4 Å². The quantitative estimate of drug-likeness (QED) is 0.805. The molecule has 0 bridgehead atoms. The summed E-state index contributed by atoms with van der Waals surface area (Å²) in [4.78, 5) is 14.9. The van der Waals surface area contributed by atoms with Crippen LogP contribution in [-0.2, 0) is 10.4 Å². The zero-order chi connectivity index (χ0) is 19.3. The summed E-state index contributed by atoms with van der Waals surface area (Å²) in [6, 6.07) is 2.36. The lowest BCUT2D eigenvalue weighted by molar-refractivity contribution is 0.177. The van der Waals surface area contributed by atoms with Crippen LogP contribution in [0.4, 0.5) is 0 Å². The van der Waals surface area contributed by atoms with E-state index in [0.29, 0.717) is 18.2 Å². The Bertz CT molecular complexity index is 827. The number of rotatable bonds is 6. The second-order valence-corrected chi connectivity index (χ2v) is 7.64. The van der Waals surface area contributed by atoms with Crippen molar-refractivity contribution in [2.75, 3.05) is 6.26 Å². The SMILES string of the molecule is C=CN=C1ONC=NC(c2cnn([C@](C)(CC#N)C3CCCC3)c2)=C1SC. The molecule has 8 heteroatoms. The first-order chi connectivity index (χ1) is 13.1. The van der Waals surface area contributed by atoms with Gasteiger partial charge in [0, 0.05) is 18.0 Å². The second-order valence-electron chi connectivity index (χ2n) is 6.82. The van der Waals surface area contributed by atoms with Crippen LogP contribution in [0.15, 0.2) is 40.1 Å². The number of hydrogen-bond donors (Lipinski definition) is 1. The van der Waals surface area contributed by atoms with Gasteiger partial charge in [0.2, 0.25) is 0 Å². The van der Waals surface area contributed by atoms with E-state index in [1.165, 1.54) is 37.1 Å². The Balaban J connectivity index is 2.03. The molecule has 0 radical (unpaired) electrons. The lowest BCUT2D eigenvalue weighted by Crippen LogP contribution is -2.37. The predicted molar refractivity (Wildman–Crippen MR) is 109 cm³/mol. The van der Waals surface area contributed by atoms with Gasteiger partial charge in [-0.25, -0.2) is 15.5 Å². The number of nitriles is 1. The summed E-state index contributed by atoms with van der Waals surface area (Å²) in [5.41, 5.74) is 3.93. The maximum atomic E-state index is 9.41. The molecule has 0 aromatic carbocycles. The van der Waals surface area contributed by atoms with Gasteiger partial charge in [0.1, 0.15) is 6.34 Å². The van der Waals surface area contributed by atoms with E-state index in [-0.39, 0.29) is 5.54 Å². The molecule has 1 aliphatic carbocycles. The third-order valence-electron chi connectivity index (χ3n) is 5.27. The van der Waals surface area contributed by atoms with Crippen LogP contribution in [0.25, 0.3) is 5.70 Å². The third kappa shape index (κ3) is 3.78. The van der Waals surface area contributed by atoms with Crippen molar-refractivity contribution in [3.8, 4) is 6.07 Å². The van der Waals surface area contributed by atoms with Crippen molar-refractivity contribution in [1.29, 1.82) is 5.26 Å². The fourth-order valence-electron chi connectivity index (χ4n) is 3.78. The van der Waals surface area contributed by atoms with Gasteiger partial charge in [0.05, 0.1) is 34.8 Å². The lowest BCUT2D eigenvalue weighted by atomic mass is 9.82. The van der Waals surface area contributed by atoms with Gasteiger partial charge in [-0.15, -0.1) is 11.8 Å². The fraction of sp³-hybridized carbons (Fsp3) is 0.474. The van der Waals surface area contributed by atoms with Gasteiger partial charge in [0.25, 0.3) is 5.90 Å². The van der Waals surface area contributed by atoms with Crippen molar-refractivity contribution >= 4 is 29.7 Å². The molecule has 1 aliphatic heterocycles. The highest BCUT2D eigenvalue weighted by molar-refractivity contribution is 8.03. The van der Waals surface area contributed by atoms with E-state index in [4.69, 9.17) is 4.84 Å². The Labute approximate surface area is 163 Å². The molecule has 0 spiro atoms. The summed E-state index contributed by atoms with van der Waals surface area (Å²) in [5, 5.41) is 14.0. The topological polar surface area (TPSA) is 87.6 Å². The average molecular weight is 385 g/mol. The Kier molecular flexibility index (Phi) is 6.01. The van der Waals surface area contributed by atoms with E-state index >= 15 is 0 Å². The van der Waals surface area contributed by atoms with Crippen molar-refractivity contribution in [3.63, 3.8) is 0 Å². The molecule has 3 rings (SSSR count). The van der Waals surface area contributed by atoms with Crippen molar-refractivity contribution in [1.82, 2.24) is 15.3 Å². The number of hydrogen-bond acceptors (Lipinski definition) is 7. The van der Waals surface area contributed by atoms with Gasteiger partial charge < -0.3 is 4.84 Å². The normalized spacial score (nSPS) is 21.3. The number of nitrogens with zero attached hydrogens (tertiary/aromatic N) is 5. The first-order valence-electron chi connectivity index (χ1n) is 8.98. The maximum absolute atomic E-state index is 9.41. The summed E-state index contributed by atoms with van der Waals surface area (Å²) in [6.07, 6.45) is 13.8. The molecule has 1 aromatic heterocycles. The van der Waals surface area contributed by atoms with E-state index in [0.717, 1.165) is 29.0 Å². The van der Waals surface area contributed by atoms with Gasteiger partial charge in [0.15, 0.2) is 0 Å². The predicted octanol–water partition coefficient (Wildman–Crippen LogP) is 3.84. The Morgan fingerprint density at radius 1 is 1.56 bits per heavy atom. The Morgan fingerprint density at radius 2 is 2.33 bits per heavy atom. The summed E-state index contributed by atoms with van der Waals surface area (Å²) in [5.74, 6) is 0.868. The molecule has 1 fully saturated rings.